The summed E-state index contributed by atoms with van der Waals surface area (Å²) in [6, 6.07) is 6.52. The maximum absolute atomic E-state index is 12.9. The molecule has 2 saturated heterocycles. The minimum absolute atomic E-state index is 0.0516. The van der Waals surface area contributed by atoms with Crippen LogP contribution in [0.2, 0.25) is 0 Å². The standard InChI is InChI=1S/C17H22N2O6S/c20-16(21)11-15-17(22)18(12-13-5-4-10-25-13)8-9-19(15)26(23,24)14-6-2-1-3-7-14/h1-3,6-7,13,15H,4-5,8-12H2,(H,20,21). The topological polar surface area (TPSA) is 104 Å². The number of rotatable bonds is 6. The van der Waals surface area contributed by atoms with Crippen LogP contribution in [0.15, 0.2) is 35.2 Å². The number of sulfonamides is 1. The molecule has 142 valence electrons. The Labute approximate surface area is 152 Å². The van der Waals surface area contributed by atoms with Crippen molar-refractivity contribution in [3.63, 3.8) is 0 Å². The van der Waals surface area contributed by atoms with E-state index < -0.39 is 34.4 Å². The van der Waals surface area contributed by atoms with Crippen molar-refractivity contribution < 1.29 is 27.9 Å². The number of hydrogen-bond acceptors (Lipinski definition) is 5. The molecule has 3 rings (SSSR count). The molecule has 8 nitrogen and oxygen atoms in total. The van der Waals surface area contributed by atoms with Gasteiger partial charge in [0, 0.05) is 26.2 Å². The third-order valence-corrected chi connectivity index (χ3v) is 6.62. The molecule has 2 fully saturated rings. The first-order chi connectivity index (χ1) is 12.4. The third kappa shape index (κ3) is 3.89. The number of carbonyl (C=O) groups excluding carboxylic acids is 1. The highest BCUT2D eigenvalue weighted by Crippen LogP contribution is 2.25. The minimum atomic E-state index is -3.95. The van der Waals surface area contributed by atoms with Gasteiger partial charge in [-0.2, -0.15) is 4.31 Å². The maximum atomic E-state index is 12.9. The summed E-state index contributed by atoms with van der Waals surface area (Å²) in [6.45, 7) is 1.31. The molecule has 26 heavy (non-hydrogen) atoms. The average molecular weight is 382 g/mol. The number of hydrogen-bond donors (Lipinski definition) is 1. The summed E-state index contributed by atoms with van der Waals surface area (Å²) in [6.07, 6.45) is 1.15. The summed E-state index contributed by atoms with van der Waals surface area (Å²) in [7, 11) is -3.95. The Hall–Kier alpha value is -1.97. The van der Waals surface area contributed by atoms with Crippen molar-refractivity contribution in [3.8, 4) is 0 Å². The van der Waals surface area contributed by atoms with Crippen LogP contribution < -0.4 is 0 Å². The van der Waals surface area contributed by atoms with Gasteiger partial charge < -0.3 is 14.7 Å². The molecule has 1 aromatic rings. The molecule has 2 heterocycles. The van der Waals surface area contributed by atoms with Crippen LogP contribution in [0.5, 0.6) is 0 Å². The second-order valence-electron chi connectivity index (χ2n) is 6.46. The summed E-state index contributed by atoms with van der Waals surface area (Å²) >= 11 is 0. The molecular formula is C17H22N2O6S. The molecule has 1 amide bonds. The van der Waals surface area contributed by atoms with Crippen molar-refractivity contribution in [2.24, 2.45) is 0 Å². The van der Waals surface area contributed by atoms with Crippen LogP contribution in [0.3, 0.4) is 0 Å². The highest BCUT2D eigenvalue weighted by atomic mass is 32.2. The zero-order valence-corrected chi connectivity index (χ0v) is 15.1. The number of carboxylic acids is 1. The van der Waals surface area contributed by atoms with Crippen LogP contribution in [-0.2, 0) is 24.3 Å². The Morgan fingerprint density at radius 1 is 1.23 bits per heavy atom. The first kappa shape index (κ1) is 18.8. The van der Waals surface area contributed by atoms with E-state index in [2.05, 4.69) is 0 Å². The molecule has 2 unspecified atom stereocenters. The summed E-state index contributed by atoms with van der Waals surface area (Å²) in [5, 5.41) is 9.19. The molecule has 2 aliphatic heterocycles. The highest BCUT2D eigenvalue weighted by Gasteiger charge is 2.43. The Balaban J connectivity index is 1.84. The third-order valence-electron chi connectivity index (χ3n) is 4.70. The normalized spacial score (nSPS) is 24.8. The van der Waals surface area contributed by atoms with Gasteiger partial charge >= 0.3 is 5.97 Å². The smallest absolute Gasteiger partial charge is 0.305 e. The second-order valence-corrected chi connectivity index (χ2v) is 8.35. The van der Waals surface area contributed by atoms with E-state index in [4.69, 9.17) is 4.74 Å². The quantitative estimate of drug-likeness (QED) is 0.770. The average Bonchev–Trinajstić information content (AvgIpc) is 3.12. The van der Waals surface area contributed by atoms with E-state index in [1.165, 1.54) is 17.0 Å². The Bertz CT molecular complexity index is 761. The SMILES string of the molecule is O=C(O)CC1C(=O)N(CC2CCCO2)CCN1S(=O)(=O)c1ccccc1. The fraction of sp³-hybridized carbons (Fsp3) is 0.529. The van der Waals surface area contributed by atoms with Crippen LogP contribution in [0.1, 0.15) is 19.3 Å². The first-order valence-corrected chi connectivity index (χ1v) is 10.0. The monoisotopic (exact) mass is 382 g/mol. The molecule has 1 N–H and O–H groups in total. The molecule has 0 aromatic heterocycles. The van der Waals surface area contributed by atoms with Crippen molar-refractivity contribution >= 4 is 21.9 Å². The number of carboxylic acid groups (broad SMARTS) is 1. The van der Waals surface area contributed by atoms with Crippen LogP contribution in [0.25, 0.3) is 0 Å². The largest absolute Gasteiger partial charge is 0.481 e. The van der Waals surface area contributed by atoms with Gasteiger partial charge in [-0.05, 0) is 25.0 Å². The molecule has 1 aromatic carbocycles. The van der Waals surface area contributed by atoms with Crippen molar-refractivity contribution in [3.05, 3.63) is 30.3 Å². The molecule has 0 bridgehead atoms. The van der Waals surface area contributed by atoms with E-state index in [-0.39, 0.29) is 24.1 Å². The predicted molar refractivity (Wildman–Crippen MR) is 91.9 cm³/mol. The lowest BCUT2D eigenvalue weighted by Gasteiger charge is -2.40. The Morgan fingerprint density at radius 2 is 1.96 bits per heavy atom. The van der Waals surface area contributed by atoms with E-state index in [0.29, 0.717) is 13.2 Å². The maximum Gasteiger partial charge on any atom is 0.305 e. The lowest BCUT2D eigenvalue weighted by molar-refractivity contribution is -0.147. The highest BCUT2D eigenvalue weighted by molar-refractivity contribution is 7.89. The minimum Gasteiger partial charge on any atom is -0.481 e. The van der Waals surface area contributed by atoms with Gasteiger partial charge in [-0.1, -0.05) is 18.2 Å². The van der Waals surface area contributed by atoms with E-state index in [1.807, 2.05) is 0 Å². The first-order valence-electron chi connectivity index (χ1n) is 8.58. The molecular weight excluding hydrogens is 360 g/mol. The summed E-state index contributed by atoms with van der Waals surface area (Å²) < 4.78 is 32.4. The summed E-state index contributed by atoms with van der Waals surface area (Å²) in [5.41, 5.74) is 0. The Kier molecular flexibility index (Phi) is 5.59. The van der Waals surface area contributed by atoms with Crippen LogP contribution in [0, 0.1) is 0 Å². The molecule has 0 saturated carbocycles. The van der Waals surface area contributed by atoms with Crippen molar-refractivity contribution in [1.29, 1.82) is 0 Å². The lowest BCUT2D eigenvalue weighted by Crippen LogP contribution is -2.60. The zero-order chi connectivity index (χ0) is 18.7. The zero-order valence-electron chi connectivity index (χ0n) is 14.3. The molecule has 0 aliphatic carbocycles. The molecule has 0 spiro atoms. The predicted octanol–water partition coefficient (Wildman–Crippen LogP) is 0.542. The number of ether oxygens (including phenoxy) is 1. The van der Waals surface area contributed by atoms with Gasteiger partial charge in [0.1, 0.15) is 6.04 Å². The number of nitrogens with zero attached hydrogens (tertiary/aromatic N) is 2. The van der Waals surface area contributed by atoms with Gasteiger partial charge in [0.2, 0.25) is 15.9 Å². The van der Waals surface area contributed by atoms with Gasteiger partial charge in [-0.25, -0.2) is 8.42 Å². The fourth-order valence-electron chi connectivity index (χ4n) is 3.40. The van der Waals surface area contributed by atoms with E-state index in [0.717, 1.165) is 17.1 Å². The number of benzene rings is 1. The summed E-state index contributed by atoms with van der Waals surface area (Å²) in [4.78, 5) is 25.7. The van der Waals surface area contributed by atoms with Crippen molar-refractivity contribution in [2.45, 2.75) is 36.3 Å². The number of amides is 1. The summed E-state index contributed by atoms with van der Waals surface area (Å²) in [5.74, 6) is -1.69. The number of aliphatic carboxylic acids is 1. The van der Waals surface area contributed by atoms with Gasteiger partial charge in [-0.3, -0.25) is 9.59 Å². The molecule has 9 heteroatoms. The van der Waals surface area contributed by atoms with E-state index in [1.54, 1.807) is 18.2 Å². The second kappa shape index (κ2) is 7.73. The van der Waals surface area contributed by atoms with Crippen LogP contribution in [0.4, 0.5) is 0 Å². The lowest BCUT2D eigenvalue weighted by atomic mass is 10.1. The van der Waals surface area contributed by atoms with E-state index >= 15 is 0 Å². The molecule has 0 radical (unpaired) electrons. The van der Waals surface area contributed by atoms with Gasteiger partial charge in [-0.15, -0.1) is 0 Å². The molecule has 2 atom stereocenters. The Morgan fingerprint density at radius 3 is 2.58 bits per heavy atom. The molecule has 2 aliphatic rings. The van der Waals surface area contributed by atoms with E-state index in [9.17, 15) is 23.1 Å². The van der Waals surface area contributed by atoms with Gasteiger partial charge in [0.05, 0.1) is 17.4 Å². The van der Waals surface area contributed by atoms with Gasteiger partial charge in [0.25, 0.3) is 0 Å². The van der Waals surface area contributed by atoms with Crippen LogP contribution >= 0.6 is 0 Å². The van der Waals surface area contributed by atoms with Crippen molar-refractivity contribution in [2.75, 3.05) is 26.2 Å². The fourth-order valence-corrected chi connectivity index (χ4v) is 5.00. The number of carbonyl (C=O) groups is 2. The van der Waals surface area contributed by atoms with Crippen molar-refractivity contribution in [1.82, 2.24) is 9.21 Å². The number of piperazine rings is 1. The van der Waals surface area contributed by atoms with Gasteiger partial charge in [0.15, 0.2) is 0 Å². The van der Waals surface area contributed by atoms with Crippen LogP contribution in [-0.4, -0.2) is 73.0 Å².